The van der Waals surface area contributed by atoms with Gasteiger partial charge in [0.15, 0.2) is 0 Å². The minimum Gasteiger partial charge on any atom is -0.355 e. The minimum absolute atomic E-state index is 0.116. The van der Waals surface area contributed by atoms with E-state index < -0.39 is 11.7 Å². The lowest BCUT2D eigenvalue weighted by Crippen LogP contribution is -2.34. The van der Waals surface area contributed by atoms with Crippen molar-refractivity contribution in [2.24, 2.45) is 5.92 Å². The quantitative estimate of drug-likeness (QED) is 0.625. The summed E-state index contributed by atoms with van der Waals surface area (Å²) in [6, 6.07) is 14.4. The Labute approximate surface area is 156 Å². The Morgan fingerprint density at radius 2 is 1.96 bits per heavy atom. The molecule has 1 N–H and O–H groups in total. The number of nitrogens with one attached hydrogen (secondary N) is 1. The Bertz CT molecular complexity index is 795. The normalized spacial score (nSPS) is 16.8. The number of aryl methyl sites for hydroxylation is 1. The molecular formula is C20H21FN2O2S. The molecule has 0 bridgehead atoms. The fourth-order valence-electron chi connectivity index (χ4n) is 2.91. The molecule has 136 valence electrons. The Morgan fingerprint density at radius 3 is 2.69 bits per heavy atom. The fourth-order valence-corrected chi connectivity index (χ4v) is 3.68. The molecule has 1 atom stereocenters. The van der Waals surface area contributed by atoms with Crippen molar-refractivity contribution >= 4 is 29.3 Å². The topological polar surface area (TPSA) is 49.4 Å². The molecule has 2 aromatic rings. The number of nitrogens with zero attached hydrogens (tertiary/aromatic N) is 1. The van der Waals surface area contributed by atoms with Gasteiger partial charge in [-0.25, -0.2) is 4.39 Å². The van der Waals surface area contributed by atoms with E-state index in [0.717, 1.165) is 10.6 Å². The Kier molecular flexibility index (Phi) is 5.93. The number of para-hydroxylation sites is 1. The molecule has 0 aromatic heterocycles. The van der Waals surface area contributed by atoms with Crippen LogP contribution in [0.25, 0.3) is 0 Å². The standard InChI is InChI=1S/C20H21FN2O2S/c1-14-6-8-16(9-7-14)26-11-10-22-20(25)15-12-19(24)23(13-15)18-5-3-2-4-17(18)21/h2-9,15H,10-13H2,1H3,(H,22,25). The van der Waals surface area contributed by atoms with E-state index in [-0.39, 0.29) is 30.5 Å². The predicted octanol–water partition coefficient (Wildman–Crippen LogP) is 3.40. The van der Waals surface area contributed by atoms with Crippen LogP contribution in [0.2, 0.25) is 0 Å². The Balaban J connectivity index is 1.47. The van der Waals surface area contributed by atoms with Crippen LogP contribution >= 0.6 is 11.8 Å². The van der Waals surface area contributed by atoms with Gasteiger partial charge in [-0.3, -0.25) is 9.59 Å². The molecule has 4 nitrogen and oxygen atoms in total. The van der Waals surface area contributed by atoms with Crippen LogP contribution in [0.1, 0.15) is 12.0 Å². The summed E-state index contributed by atoms with van der Waals surface area (Å²) >= 11 is 1.67. The molecule has 6 heteroatoms. The first-order valence-electron chi connectivity index (χ1n) is 8.56. The maximum Gasteiger partial charge on any atom is 0.227 e. The number of anilines is 1. The van der Waals surface area contributed by atoms with Gasteiger partial charge >= 0.3 is 0 Å². The number of thioether (sulfide) groups is 1. The zero-order chi connectivity index (χ0) is 18.5. The molecular weight excluding hydrogens is 351 g/mol. The number of benzene rings is 2. The van der Waals surface area contributed by atoms with E-state index >= 15 is 0 Å². The largest absolute Gasteiger partial charge is 0.355 e. The predicted molar refractivity (Wildman–Crippen MR) is 102 cm³/mol. The molecule has 1 unspecified atom stereocenters. The van der Waals surface area contributed by atoms with Crippen LogP contribution in [0.5, 0.6) is 0 Å². The van der Waals surface area contributed by atoms with E-state index in [1.54, 1.807) is 30.0 Å². The van der Waals surface area contributed by atoms with E-state index in [9.17, 15) is 14.0 Å². The third kappa shape index (κ3) is 4.43. The van der Waals surface area contributed by atoms with Gasteiger partial charge in [0.05, 0.1) is 11.6 Å². The van der Waals surface area contributed by atoms with Crippen molar-refractivity contribution in [3.05, 3.63) is 59.9 Å². The van der Waals surface area contributed by atoms with Crippen LogP contribution in [0, 0.1) is 18.7 Å². The summed E-state index contributed by atoms with van der Waals surface area (Å²) in [7, 11) is 0. The number of rotatable bonds is 6. The molecule has 26 heavy (non-hydrogen) atoms. The van der Waals surface area contributed by atoms with Crippen LogP contribution in [0.4, 0.5) is 10.1 Å². The summed E-state index contributed by atoms with van der Waals surface area (Å²) in [5, 5.41) is 2.88. The number of amides is 2. The fraction of sp³-hybridized carbons (Fsp3) is 0.300. The van der Waals surface area contributed by atoms with Gasteiger partial charge in [0.25, 0.3) is 0 Å². The summed E-state index contributed by atoms with van der Waals surface area (Å²) < 4.78 is 13.9. The van der Waals surface area contributed by atoms with E-state index in [2.05, 4.69) is 29.6 Å². The van der Waals surface area contributed by atoms with Crippen molar-refractivity contribution in [1.29, 1.82) is 0 Å². The van der Waals surface area contributed by atoms with Crippen LogP contribution in [-0.4, -0.2) is 30.7 Å². The lowest BCUT2D eigenvalue weighted by atomic mass is 10.1. The molecule has 0 spiro atoms. The molecule has 0 radical (unpaired) electrons. The zero-order valence-electron chi connectivity index (χ0n) is 14.6. The van der Waals surface area contributed by atoms with Gasteiger partial charge in [0.1, 0.15) is 5.82 Å². The van der Waals surface area contributed by atoms with Crippen LogP contribution in [0.3, 0.4) is 0 Å². The lowest BCUT2D eigenvalue weighted by Gasteiger charge is -2.17. The van der Waals surface area contributed by atoms with Crippen molar-refractivity contribution in [3.8, 4) is 0 Å². The molecule has 1 heterocycles. The smallest absolute Gasteiger partial charge is 0.227 e. The summed E-state index contributed by atoms with van der Waals surface area (Å²) in [5.74, 6) is -0.499. The molecule has 1 aliphatic heterocycles. The van der Waals surface area contributed by atoms with E-state index in [4.69, 9.17) is 0 Å². The average Bonchev–Trinajstić information content (AvgIpc) is 3.02. The molecule has 2 aromatic carbocycles. The third-order valence-corrected chi connectivity index (χ3v) is 5.34. The first-order valence-corrected chi connectivity index (χ1v) is 9.55. The Hall–Kier alpha value is -2.34. The summed E-state index contributed by atoms with van der Waals surface area (Å²) in [5.41, 5.74) is 1.45. The molecule has 1 aliphatic rings. The number of carbonyl (C=O) groups excluding carboxylic acids is 2. The minimum atomic E-state index is -0.448. The molecule has 1 saturated heterocycles. The highest BCUT2D eigenvalue weighted by Crippen LogP contribution is 2.27. The summed E-state index contributed by atoms with van der Waals surface area (Å²) in [6.07, 6.45) is 0.116. The maximum atomic E-state index is 13.9. The molecule has 2 amide bonds. The van der Waals surface area contributed by atoms with Crippen molar-refractivity contribution in [3.63, 3.8) is 0 Å². The van der Waals surface area contributed by atoms with Crippen molar-refractivity contribution in [2.45, 2.75) is 18.2 Å². The van der Waals surface area contributed by atoms with Crippen LogP contribution < -0.4 is 10.2 Å². The maximum absolute atomic E-state index is 13.9. The first kappa shape index (κ1) is 18.5. The monoisotopic (exact) mass is 372 g/mol. The zero-order valence-corrected chi connectivity index (χ0v) is 15.4. The highest BCUT2D eigenvalue weighted by Gasteiger charge is 2.35. The second-order valence-corrected chi connectivity index (χ2v) is 7.48. The molecule has 1 fully saturated rings. The van der Waals surface area contributed by atoms with Crippen LogP contribution in [-0.2, 0) is 9.59 Å². The van der Waals surface area contributed by atoms with Gasteiger partial charge in [0, 0.05) is 30.2 Å². The van der Waals surface area contributed by atoms with Crippen molar-refractivity contribution in [2.75, 3.05) is 23.7 Å². The van der Waals surface area contributed by atoms with Gasteiger partial charge in [-0.1, -0.05) is 29.8 Å². The van der Waals surface area contributed by atoms with Gasteiger partial charge < -0.3 is 10.2 Å². The van der Waals surface area contributed by atoms with Gasteiger partial charge in [-0.05, 0) is 31.2 Å². The van der Waals surface area contributed by atoms with E-state index in [1.165, 1.54) is 16.5 Å². The van der Waals surface area contributed by atoms with Gasteiger partial charge in [-0.2, -0.15) is 0 Å². The lowest BCUT2D eigenvalue weighted by molar-refractivity contribution is -0.126. The van der Waals surface area contributed by atoms with Crippen LogP contribution in [0.15, 0.2) is 53.4 Å². The second kappa shape index (κ2) is 8.36. The summed E-state index contributed by atoms with van der Waals surface area (Å²) in [4.78, 5) is 27.0. The summed E-state index contributed by atoms with van der Waals surface area (Å²) in [6.45, 7) is 2.79. The van der Waals surface area contributed by atoms with Gasteiger partial charge in [0.2, 0.25) is 11.8 Å². The van der Waals surface area contributed by atoms with Crippen molar-refractivity contribution < 1.29 is 14.0 Å². The number of halogens is 1. The number of hydrogen-bond donors (Lipinski definition) is 1. The molecule has 0 aliphatic carbocycles. The Morgan fingerprint density at radius 1 is 1.23 bits per heavy atom. The number of carbonyl (C=O) groups is 2. The van der Waals surface area contributed by atoms with E-state index in [0.29, 0.717) is 6.54 Å². The highest BCUT2D eigenvalue weighted by molar-refractivity contribution is 7.99. The van der Waals surface area contributed by atoms with E-state index in [1.807, 2.05) is 6.92 Å². The second-order valence-electron chi connectivity index (χ2n) is 6.31. The first-order chi connectivity index (χ1) is 12.5. The number of hydrogen-bond acceptors (Lipinski definition) is 3. The SMILES string of the molecule is Cc1ccc(SCCNC(=O)C2CC(=O)N(c3ccccc3F)C2)cc1. The molecule has 3 rings (SSSR count). The highest BCUT2D eigenvalue weighted by atomic mass is 32.2. The van der Waals surface area contributed by atoms with Crippen molar-refractivity contribution in [1.82, 2.24) is 5.32 Å². The molecule has 0 saturated carbocycles. The average molecular weight is 372 g/mol. The van der Waals surface area contributed by atoms with Gasteiger partial charge in [-0.15, -0.1) is 11.8 Å². The third-order valence-electron chi connectivity index (χ3n) is 4.33.